The molecule has 0 radical (unpaired) electrons. The number of hydrogen-bond donors (Lipinski definition) is 2. The topological polar surface area (TPSA) is 59.8 Å². The lowest BCUT2D eigenvalue weighted by Gasteiger charge is -2.36. The number of fused-ring (bicyclic) bond motifs is 1. The van der Waals surface area contributed by atoms with Crippen LogP contribution in [-0.4, -0.2) is 58.9 Å². The normalized spacial score (nSPS) is 17.9. The molecule has 2 aromatic rings. The van der Waals surface area contributed by atoms with Crippen molar-refractivity contribution < 1.29 is 10.2 Å². The van der Waals surface area contributed by atoms with Crippen LogP contribution in [0, 0.1) is 0 Å². The minimum Gasteiger partial charge on any atom is -0.392 e. The van der Waals surface area contributed by atoms with Gasteiger partial charge in [0.05, 0.1) is 18.2 Å². The van der Waals surface area contributed by atoms with Crippen LogP contribution in [-0.2, 0) is 6.61 Å². The number of benzene rings is 1. The molecule has 5 nitrogen and oxygen atoms in total. The average molecular weight is 301 g/mol. The maximum Gasteiger partial charge on any atom is 0.134 e. The molecule has 0 unspecified atom stereocenters. The Balaban J connectivity index is 1.81. The van der Waals surface area contributed by atoms with Gasteiger partial charge >= 0.3 is 0 Å². The molecule has 2 N–H and O–H groups in total. The second-order valence-corrected chi connectivity index (χ2v) is 5.96. The van der Waals surface area contributed by atoms with Crippen molar-refractivity contribution in [1.29, 1.82) is 0 Å². The van der Waals surface area contributed by atoms with Crippen LogP contribution in [0.2, 0.25) is 0 Å². The summed E-state index contributed by atoms with van der Waals surface area (Å²) in [6.07, 6.45) is -0.293. The molecule has 0 saturated carbocycles. The van der Waals surface area contributed by atoms with Crippen molar-refractivity contribution >= 4 is 16.7 Å². The van der Waals surface area contributed by atoms with Crippen LogP contribution in [0.3, 0.4) is 0 Å². The van der Waals surface area contributed by atoms with Gasteiger partial charge < -0.3 is 15.1 Å². The molecule has 5 heteroatoms. The standard InChI is InChI=1S/C17H23N3O2/c1-13(22)11-19-6-8-20(9-7-19)17-15(12-21)10-14-4-2-3-5-16(14)18-17/h2-5,10,13,21-22H,6-9,11-12H2,1H3/t13-/m1/s1. The van der Waals surface area contributed by atoms with Crippen molar-refractivity contribution in [3.63, 3.8) is 0 Å². The van der Waals surface area contributed by atoms with Crippen molar-refractivity contribution in [1.82, 2.24) is 9.88 Å². The first-order valence-corrected chi connectivity index (χ1v) is 7.82. The molecule has 1 fully saturated rings. The van der Waals surface area contributed by atoms with E-state index in [0.29, 0.717) is 6.54 Å². The van der Waals surface area contributed by atoms with E-state index in [0.717, 1.165) is 48.5 Å². The Kier molecular flexibility index (Phi) is 4.57. The van der Waals surface area contributed by atoms with Gasteiger partial charge in [-0.05, 0) is 19.1 Å². The first-order chi connectivity index (χ1) is 10.7. The molecular weight excluding hydrogens is 278 g/mol. The monoisotopic (exact) mass is 301 g/mol. The van der Waals surface area contributed by atoms with Crippen LogP contribution >= 0.6 is 0 Å². The molecule has 0 aliphatic carbocycles. The number of pyridine rings is 1. The van der Waals surface area contributed by atoms with Gasteiger partial charge in [-0.2, -0.15) is 0 Å². The fraction of sp³-hybridized carbons (Fsp3) is 0.471. The third-order valence-electron chi connectivity index (χ3n) is 4.14. The van der Waals surface area contributed by atoms with Crippen molar-refractivity contribution in [3.05, 3.63) is 35.9 Å². The summed E-state index contributed by atoms with van der Waals surface area (Å²) in [6.45, 7) is 6.08. The van der Waals surface area contributed by atoms with E-state index in [9.17, 15) is 10.2 Å². The number of β-amino-alcohol motifs (C(OH)–C–C–N with tert-alkyl or cyclic N) is 1. The minimum absolute atomic E-state index is 0.00105. The molecule has 1 aromatic heterocycles. The molecule has 2 heterocycles. The van der Waals surface area contributed by atoms with Gasteiger partial charge in [0, 0.05) is 43.7 Å². The zero-order valence-electron chi connectivity index (χ0n) is 12.9. The molecule has 0 spiro atoms. The molecule has 1 saturated heterocycles. The summed E-state index contributed by atoms with van der Waals surface area (Å²) in [6, 6.07) is 10.0. The summed E-state index contributed by atoms with van der Waals surface area (Å²) >= 11 is 0. The lowest BCUT2D eigenvalue weighted by atomic mass is 10.1. The molecule has 118 valence electrons. The number of aliphatic hydroxyl groups is 2. The molecule has 1 atom stereocenters. The Hall–Kier alpha value is -1.69. The molecule has 1 aromatic carbocycles. The van der Waals surface area contributed by atoms with Crippen molar-refractivity contribution in [2.45, 2.75) is 19.6 Å². The lowest BCUT2D eigenvalue weighted by Crippen LogP contribution is -2.48. The average Bonchev–Trinajstić information content (AvgIpc) is 2.54. The highest BCUT2D eigenvalue weighted by Gasteiger charge is 2.21. The summed E-state index contributed by atoms with van der Waals surface area (Å²) in [5.74, 6) is 0.887. The molecular formula is C17H23N3O2. The van der Waals surface area contributed by atoms with E-state index >= 15 is 0 Å². The third-order valence-corrected chi connectivity index (χ3v) is 4.14. The number of nitrogens with zero attached hydrogens (tertiary/aromatic N) is 3. The van der Waals surface area contributed by atoms with Gasteiger partial charge in [0.25, 0.3) is 0 Å². The Bertz CT molecular complexity index is 637. The van der Waals surface area contributed by atoms with E-state index in [1.165, 1.54) is 0 Å². The van der Waals surface area contributed by atoms with Crippen LogP contribution in [0.4, 0.5) is 5.82 Å². The number of aromatic nitrogens is 1. The Morgan fingerprint density at radius 3 is 2.59 bits per heavy atom. The maximum atomic E-state index is 9.67. The molecule has 1 aliphatic heterocycles. The minimum atomic E-state index is -0.293. The van der Waals surface area contributed by atoms with Gasteiger partial charge in [-0.15, -0.1) is 0 Å². The smallest absolute Gasteiger partial charge is 0.134 e. The Morgan fingerprint density at radius 1 is 1.18 bits per heavy atom. The first-order valence-electron chi connectivity index (χ1n) is 7.82. The summed E-state index contributed by atoms with van der Waals surface area (Å²) in [7, 11) is 0. The van der Waals surface area contributed by atoms with Gasteiger partial charge in [0.2, 0.25) is 0 Å². The third kappa shape index (κ3) is 3.21. The second kappa shape index (κ2) is 6.60. The van der Waals surface area contributed by atoms with Gasteiger partial charge in [-0.25, -0.2) is 4.98 Å². The number of hydrogen-bond acceptors (Lipinski definition) is 5. The molecule has 1 aliphatic rings. The van der Waals surface area contributed by atoms with Gasteiger partial charge in [-0.1, -0.05) is 18.2 Å². The summed E-state index contributed by atoms with van der Waals surface area (Å²) < 4.78 is 0. The number of aliphatic hydroxyl groups excluding tert-OH is 2. The second-order valence-electron chi connectivity index (χ2n) is 5.96. The highest BCUT2D eigenvalue weighted by molar-refractivity contribution is 5.81. The van der Waals surface area contributed by atoms with Crippen molar-refractivity contribution in [2.24, 2.45) is 0 Å². The van der Waals surface area contributed by atoms with E-state index in [2.05, 4.69) is 9.80 Å². The number of rotatable bonds is 4. The van der Waals surface area contributed by atoms with Crippen LogP contribution in [0.5, 0.6) is 0 Å². The van der Waals surface area contributed by atoms with Gasteiger partial charge in [-0.3, -0.25) is 4.90 Å². The number of piperazine rings is 1. The Labute approximate surface area is 130 Å². The predicted molar refractivity (Wildman–Crippen MR) is 88.0 cm³/mol. The summed E-state index contributed by atoms with van der Waals surface area (Å²) in [5, 5.41) is 20.2. The number of para-hydroxylation sites is 1. The fourth-order valence-corrected chi connectivity index (χ4v) is 3.06. The van der Waals surface area contributed by atoms with E-state index in [4.69, 9.17) is 4.98 Å². The highest BCUT2D eigenvalue weighted by Crippen LogP contribution is 2.24. The van der Waals surface area contributed by atoms with Gasteiger partial charge in [0.15, 0.2) is 0 Å². The predicted octanol–water partition coefficient (Wildman–Crippen LogP) is 1.23. The summed E-state index contributed by atoms with van der Waals surface area (Å²) in [4.78, 5) is 9.25. The molecule has 0 amide bonds. The summed E-state index contributed by atoms with van der Waals surface area (Å²) in [5.41, 5.74) is 1.84. The highest BCUT2D eigenvalue weighted by atomic mass is 16.3. The zero-order valence-corrected chi connectivity index (χ0v) is 12.9. The van der Waals surface area contributed by atoms with Crippen LogP contribution in [0.15, 0.2) is 30.3 Å². The van der Waals surface area contributed by atoms with Crippen molar-refractivity contribution in [2.75, 3.05) is 37.6 Å². The fourth-order valence-electron chi connectivity index (χ4n) is 3.06. The number of anilines is 1. The van der Waals surface area contributed by atoms with Crippen LogP contribution in [0.1, 0.15) is 12.5 Å². The van der Waals surface area contributed by atoms with E-state index < -0.39 is 0 Å². The first kappa shape index (κ1) is 15.2. The quantitative estimate of drug-likeness (QED) is 0.889. The van der Waals surface area contributed by atoms with Crippen molar-refractivity contribution in [3.8, 4) is 0 Å². The molecule has 22 heavy (non-hydrogen) atoms. The van der Waals surface area contributed by atoms with Gasteiger partial charge in [0.1, 0.15) is 5.82 Å². The zero-order chi connectivity index (χ0) is 15.5. The molecule has 3 rings (SSSR count). The maximum absolute atomic E-state index is 9.67. The Morgan fingerprint density at radius 2 is 1.91 bits per heavy atom. The lowest BCUT2D eigenvalue weighted by molar-refractivity contribution is 0.122. The van der Waals surface area contributed by atoms with Crippen LogP contribution < -0.4 is 4.90 Å². The largest absolute Gasteiger partial charge is 0.392 e. The van der Waals surface area contributed by atoms with E-state index in [1.54, 1.807) is 0 Å². The SMILES string of the molecule is C[C@@H](O)CN1CCN(c2nc3ccccc3cc2CO)CC1. The van der Waals surface area contributed by atoms with Crippen LogP contribution in [0.25, 0.3) is 10.9 Å². The van der Waals surface area contributed by atoms with E-state index in [-0.39, 0.29) is 12.7 Å². The molecule has 0 bridgehead atoms. The van der Waals surface area contributed by atoms with E-state index in [1.807, 2.05) is 37.3 Å².